The minimum Gasteiger partial charge on any atom is -0.205 e. The molecule has 0 aliphatic carbocycles. The summed E-state index contributed by atoms with van der Waals surface area (Å²) in [4.78, 5) is 0. The van der Waals surface area contributed by atoms with Gasteiger partial charge in [-0.2, -0.15) is 0 Å². The van der Waals surface area contributed by atoms with Gasteiger partial charge in [-0.1, -0.05) is 27.5 Å². The van der Waals surface area contributed by atoms with Crippen LogP contribution in [0, 0.1) is 6.92 Å². The lowest BCUT2D eigenvalue weighted by Gasteiger charge is -2.05. The van der Waals surface area contributed by atoms with Crippen LogP contribution in [-0.4, -0.2) is 0 Å². The third kappa shape index (κ3) is 1.96. The molecule has 66 valence electrons. The Kier molecular flexibility index (Phi) is 3.07. The first-order chi connectivity index (χ1) is 5.52. The molecule has 0 N–H and O–H groups in total. The zero-order valence-corrected chi connectivity index (χ0v) is 8.59. The maximum absolute atomic E-state index is 12.2. The number of alkyl halides is 2. The normalized spacial score (nSPS) is 10.8. The fraction of sp³-hybridized carbons (Fsp3) is 0.250. The lowest BCUT2D eigenvalue weighted by molar-refractivity contribution is 0.151. The summed E-state index contributed by atoms with van der Waals surface area (Å²) in [5.41, 5.74) is 0.721. The molecule has 1 aromatic carbocycles. The zero-order valence-electron chi connectivity index (χ0n) is 6.24. The molecule has 0 fully saturated rings. The molecule has 0 saturated carbocycles. The van der Waals surface area contributed by atoms with E-state index < -0.39 is 6.43 Å². The fourth-order valence-electron chi connectivity index (χ4n) is 0.791. The van der Waals surface area contributed by atoms with E-state index in [1.807, 2.05) is 0 Å². The Hall–Kier alpha value is -0.150. The van der Waals surface area contributed by atoms with Gasteiger partial charge in [0.25, 0.3) is 6.43 Å². The van der Waals surface area contributed by atoms with Crippen molar-refractivity contribution in [3.8, 4) is 0 Å². The summed E-state index contributed by atoms with van der Waals surface area (Å²) in [7, 11) is 0. The minimum atomic E-state index is -2.47. The Bertz CT molecular complexity index is 276. The van der Waals surface area contributed by atoms with Gasteiger partial charge < -0.3 is 0 Å². The topological polar surface area (TPSA) is 0 Å². The molecular formula is C8H6BrClF2. The van der Waals surface area contributed by atoms with E-state index in [0.717, 1.165) is 5.56 Å². The van der Waals surface area contributed by atoms with Gasteiger partial charge in [-0.3, -0.25) is 0 Å². The van der Waals surface area contributed by atoms with Gasteiger partial charge in [-0.15, -0.1) is 0 Å². The van der Waals surface area contributed by atoms with E-state index in [-0.39, 0.29) is 5.56 Å². The fourth-order valence-corrected chi connectivity index (χ4v) is 1.61. The second-order valence-electron chi connectivity index (χ2n) is 2.41. The average Bonchev–Trinajstić information content (AvgIpc) is 1.99. The number of hydrogen-bond donors (Lipinski definition) is 0. The summed E-state index contributed by atoms with van der Waals surface area (Å²) in [6.45, 7) is 1.77. The molecule has 0 spiro atoms. The molecule has 0 aliphatic rings. The molecule has 0 bridgehead atoms. The molecule has 12 heavy (non-hydrogen) atoms. The highest BCUT2D eigenvalue weighted by atomic mass is 79.9. The van der Waals surface area contributed by atoms with E-state index in [0.29, 0.717) is 9.50 Å². The second kappa shape index (κ2) is 3.71. The van der Waals surface area contributed by atoms with Crippen LogP contribution in [0.1, 0.15) is 17.6 Å². The van der Waals surface area contributed by atoms with Crippen LogP contribution in [0.3, 0.4) is 0 Å². The van der Waals surface area contributed by atoms with E-state index in [4.69, 9.17) is 11.6 Å². The first-order valence-corrected chi connectivity index (χ1v) is 4.43. The van der Waals surface area contributed by atoms with Gasteiger partial charge in [0, 0.05) is 15.1 Å². The lowest BCUT2D eigenvalue weighted by atomic mass is 10.1. The van der Waals surface area contributed by atoms with Crippen LogP contribution >= 0.6 is 27.5 Å². The van der Waals surface area contributed by atoms with Crippen LogP contribution in [0.15, 0.2) is 16.6 Å². The average molecular weight is 255 g/mol. The number of rotatable bonds is 1. The van der Waals surface area contributed by atoms with Gasteiger partial charge in [-0.25, -0.2) is 8.78 Å². The molecule has 0 amide bonds. The Morgan fingerprint density at radius 3 is 2.42 bits per heavy atom. The van der Waals surface area contributed by atoms with Gasteiger partial charge in [0.05, 0.1) is 0 Å². The molecular weight excluding hydrogens is 249 g/mol. The predicted octanol–water partition coefficient (Wildman–Crippen LogP) is 4.35. The van der Waals surface area contributed by atoms with Crippen molar-refractivity contribution >= 4 is 27.5 Å². The Morgan fingerprint density at radius 1 is 1.42 bits per heavy atom. The number of hydrogen-bond acceptors (Lipinski definition) is 0. The maximum atomic E-state index is 12.2. The molecule has 0 heterocycles. The van der Waals surface area contributed by atoms with Gasteiger partial charge in [0.15, 0.2) is 0 Å². The number of halogens is 4. The van der Waals surface area contributed by atoms with E-state index in [9.17, 15) is 8.78 Å². The van der Waals surface area contributed by atoms with Crippen molar-refractivity contribution in [2.24, 2.45) is 0 Å². The molecule has 4 heteroatoms. The van der Waals surface area contributed by atoms with Crippen LogP contribution < -0.4 is 0 Å². The standard InChI is InChI=1S/C8H6BrClF2/c1-4-6(9)2-5(8(11)12)3-7(4)10/h2-3,8H,1H3. The summed E-state index contributed by atoms with van der Waals surface area (Å²) in [6.07, 6.45) is -2.47. The summed E-state index contributed by atoms with van der Waals surface area (Å²) in [6, 6.07) is 2.66. The third-order valence-corrected chi connectivity index (χ3v) is 2.77. The van der Waals surface area contributed by atoms with E-state index >= 15 is 0 Å². The first kappa shape index (κ1) is 9.93. The SMILES string of the molecule is Cc1c(Cl)cc(C(F)F)cc1Br. The quantitative estimate of drug-likeness (QED) is 0.700. The van der Waals surface area contributed by atoms with Crippen molar-refractivity contribution in [1.29, 1.82) is 0 Å². The van der Waals surface area contributed by atoms with Crippen molar-refractivity contribution in [3.63, 3.8) is 0 Å². The Morgan fingerprint density at radius 2 is 2.00 bits per heavy atom. The first-order valence-electron chi connectivity index (χ1n) is 3.26. The van der Waals surface area contributed by atoms with Crippen LogP contribution in [-0.2, 0) is 0 Å². The lowest BCUT2D eigenvalue weighted by Crippen LogP contribution is -1.87. The Balaban J connectivity index is 3.21. The smallest absolute Gasteiger partial charge is 0.205 e. The highest BCUT2D eigenvalue weighted by Crippen LogP contribution is 2.30. The third-order valence-electron chi connectivity index (χ3n) is 1.56. The summed E-state index contributed by atoms with van der Waals surface area (Å²) in [5.74, 6) is 0. The van der Waals surface area contributed by atoms with E-state index in [1.165, 1.54) is 12.1 Å². The van der Waals surface area contributed by atoms with Crippen LogP contribution in [0.5, 0.6) is 0 Å². The van der Waals surface area contributed by atoms with Crippen LogP contribution in [0.25, 0.3) is 0 Å². The van der Waals surface area contributed by atoms with Crippen LogP contribution in [0.2, 0.25) is 5.02 Å². The molecule has 0 aromatic heterocycles. The van der Waals surface area contributed by atoms with E-state index in [1.54, 1.807) is 6.92 Å². The molecule has 1 aromatic rings. The van der Waals surface area contributed by atoms with Crippen molar-refractivity contribution < 1.29 is 8.78 Å². The van der Waals surface area contributed by atoms with Gasteiger partial charge >= 0.3 is 0 Å². The van der Waals surface area contributed by atoms with E-state index in [2.05, 4.69) is 15.9 Å². The molecule has 0 nitrogen and oxygen atoms in total. The molecule has 0 radical (unpaired) electrons. The number of benzene rings is 1. The van der Waals surface area contributed by atoms with Gasteiger partial charge in [-0.05, 0) is 24.6 Å². The highest BCUT2D eigenvalue weighted by Gasteiger charge is 2.10. The monoisotopic (exact) mass is 254 g/mol. The second-order valence-corrected chi connectivity index (χ2v) is 3.67. The summed E-state index contributed by atoms with van der Waals surface area (Å²) < 4.78 is 25.0. The van der Waals surface area contributed by atoms with Crippen molar-refractivity contribution in [1.82, 2.24) is 0 Å². The highest BCUT2D eigenvalue weighted by molar-refractivity contribution is 9.10. The Labute approximate surface area is 82.7 Å². The van der Waals surface area contributed by atoms with Gasteiger partial charge in [0.2, 0.25) is 0 Å². The molecule has 1 rings (SSSR count). The molecule has 0 atom stereocenters. The minimum absolute atomic E-state index is 0.0579. The summed E-state index contributed by atoms with van der Waals surface area (Å²) >= 11 is 8.85. The molecule has 0 unspecified atom stereocenters. The van der Waals surface area contributed by atoms with Gasteiger partial charge in [0.1, 0.15) is 0 Å². The van der Waals surface area contributed by atoms with Crippen LogP contribution in [0.4, 0.5) is 8.78 Å². The maximum Gasteiger partial charge on any atom is 0.263 e. The molecule has 0 aliphatic heterocycles. The van der Waals surface area contributed by atoms with Crippen molar-refractivity contribution in [2.75, 3.05) is 0 Å². The zero-order chi connectivity index (χ0) is 9.30. The predicted molar refractivity (Wildman–Crippen MR) is 48.8 cm³/mol. The largest absolute Gasteiger partial charge is 0.263 e. The van der Waals surface area contributed by atoms with Crippen molar-refractivity contribution in [3.05, 3.63) is 32.8 Å². The van der Waals surface area contributed by atoms with Crippen molar-refractivity contribution in [2.45, 2.75) is 13.3 Å². The summed E-state index contributed by atoms with van der Waals surface area (Å²) in [5, 5.41) is 0.361. The molecule has 0 saturated heterocycles.